The van der Waals surface area contributed by atoms with Crippen LogP contribution in [0.15, 0.2) is 54.9 Å². The number of pyridine rings is 1. The molecule has 1 amide bonds. The Morgan fingerprint density at radius 3 is 2.45 bits per heavy atom. The molecule has 0 bridgehead atoms. The molecule has 1 fully saturated rings. The predicted molar refractivity (Wildman–Crippen MR) is 86.4 cm³/mol. The van der Waals surface area contributed by atoms with E-state index in [-0.39, 0.29) is 11.9 Å². The van der Waals surface area contributed by atoms with Crippen molar-refractivity contribution < 1.29 is 4.79 Å². The maximum absolute atomic E-state index is 12.2. The highest BCUT2D eigenvalue weighted by atomic mass is 16.1. The van der Waals surface area contributed by atoms with Crippen molar-refractivity contribution in [2.45, 2.75) is 25.4 Å². The third kappa shape index (κ3) is 3.92. The molecular weight excluding hydrogens is 274 g/mol. The highest BCUT2D eigenvalue weighted by Gasteiger charge is 2.21. The Kier molecular flexibility index (Phi) is 4.81. The Morgan fingerprint density at radius 1 is 1.09 bits per heavy atom. The van der Waals surface area contributed by atoms with E-state index in [1.807, 2.05) is 42.7 Å². The van der Waals surface area contributed by atoms with Crippen molar-refractivity contribution in [3.63, 3.8) is 0 Å². The molecule has 1 N–H and O–H groups in total. The first-order valence-corrected chi connectivity index (χ1v) is 7.78. The zero-order chi connectivity index (χ0) is 15.2. The largest absolute Gasteiger partial charge is 0.349 e. The smallest absolute Gasteiger partial charge is 0.251 e. The maximum atomic E-state index is 12.2. The molecule has 2 heterocycles. The van der Waals surface area contributed by atoms with Gasteiger partial charge in [0.2, 0.25) is 0 Å². The number of hydrogen-bond acceptors (Lipinski definition) is 3. The van der Waals surface area contributed by atoms with Crippen molar-refractivity contribution in [2.75, 3.05) is 13.1 Å². The van der Waals surface area contributed by atoms with E-state index in [2.05, 4.69) is 27.3 Å². The Bertz CT molecular complexity index is 592. The number of aromatic nitrogens is 1. The van der Waals surface area contributed by atoms with Crippen molar-refractivity contribution in [2.24, 2.45) is 0 Å². The van der Waals surface area contributed by atoms with Gasteiger partial charge >= 0.3 is 0 Å². The summed E-state index contributed by atoms with van der Waals surface area (Å²) in [4.78, 5) is 18.6. The van der Waals surface area contributed by atoms with Crippen LogP contribution in [0.4, 0.5) is 0 Å². The first-order valence-electron chi connectivity index (χ1n) is 7.78. The van der Waals surface area contributed by atoms with E-state index in [1.165, 1.54) is 5.56 Å². The molecule has 22 heavy (non-hydrogen) atoms. The minimum absolute atomic E-state index is 0.0354. The zero-order valence-corrected chi connectivity index (χ0v) is 12.6. The number of hydrogen-bond donors (Lipinski definition) is 1. The summed E-state index contributed by atoms with van der Waals surface area (Å²) in [7, 11) is 0. The monoisotopic (exact) mass is 295 g/mol. The topological polar surface area (TPSA) is 45.2 Å². The first kappa shape index (κ1) is 14.7. The molecule has 0 aliphatic carbocycles. The second kappa shape index (κ2) is 7.18. The molecule has 1 saturated heterocycles. The van der Waals surface area contributed by atoms with Gasteiger partial charge in [-0.25, -0.2) is 0 Å². The minimum Gasteiger partial charge on any atom is -0.349 e. The van der Waals surface area contributed by atoms with E-state index in [4.69, 9.17) is 0 Å². The van der Waals surface area contributed by atoms with Crippen LogP contribution in [0.25, 0.3) is 0 Å². The molecule has 0 atom stereocenters. The summed E-state index contributed by atoms with van der Waals surface area (Å²) in [6.07, 6.45) is 5.68. The summed E-state index contributed by atoms with van der Waals surface area (Å²) in [5.74, 6) is 0.0354. The highest BCUT2D eigenvalue weighted by molar-refractivity contribution is 5.94. The third-order valence-electron chi connectivity index (χ3n) is 4.11. The molecule has 0 saturated carbocycles. The van der Waals surface area contributed by atoms with Gasteiger partial charge in [0.1, 0.15) is 0 Å². The van der Waals surface area contributed by atoms with E-state index in [0.29, 0.717) is 0 Å². The molecule has 0 unspecified atom stereocenters. The summed E-state index contributed by atoms with van der Waals surface area (Å²) in [6.45, 7) is 2.99. The van der Waals surface area contributed by atoms with Crippen LogP contribution < -0.4 is 5.32 Å². The number of likely N-dealkylation sites (tertiary alicyclic amines) is 1. The van der Waals surface area contributed by atoms with Crippen molar-refractivity contribution in [3.05, 3.63) is 66.0 Å². The summed E-state index contributed by atoms with van der Waals surface area (Å²) in [6, 6.07) is 13.8. The highest BCUT2D eigenvalue weighted by Crippen LogP contribution is 2.14. The molecule has 0 radical (unpaired) electrons. The summed E-state index contributed by atoms with van der Waals surface area (Å²) in [5, 5.41) is 3.14. The molecule has 0 spiro atoms. The number of benzene rings is 1. The van der Waals surface area contributed by atoms with E-state index in [0.717, 1.165) is 38.0 Å². The molecule has 1 aliphatic rings. The van der Waals surface area contributed by atoms with Crippen LogP contribution in [-0.2, 0) is 6.54 Å². The van der Waals surface area contributed by atoms with E-state index in [9.17, 15) is 4.79 Å². The number of piperidine rings is 1. The van der Waals surface area contributed by atoms with E-state index in [1.54, 1.807) is 0 Å². The quantitative estimate of drug-likeness (QED) is 0.942. The van der Waals surface area contributed by atoms with Gasteiger partial charge in [-0.15, -0.1) is 0 Å². The minimum atomic E-state index is 0.0354. The number of amides is 1. The fraction of sp³-hybridized carbons (Fsp3) is 0.333. The SMILES string of the molecule is O=C(NC1CCN(Cc2ccncc2)CC1)c1ccccc1. The maximum Gasteiger partial charge on any atom is 0.251 e. The lowest BCUT2D eigenvalue weighted by molar-refractivity contribution is 0.0909. The van der Waals surface area contributed by atoms with Crippen LogP contribution >= 0.6 is 0 Å². The van der Waals surface area contributed by atoms with Crippen LogP contribution in [0.3, 0.4) is 0 Å². The number of carbonyl (C=O) groups excluding carboxylic acids is 1. The average molecular weight is 295 g/mol. The summed E-state index contributed by atoms with van der Waals surface area (Å²) >= 11 is 0. The van der Waals surface area contributed by atoms with Gasteiger partial charge in [-0.2, -0.15) is 0 Å². The number of nitrogens with zero attached hydrogens (tertiary/aromatic N) is 2. The van der Waals surface area contributed by atoms with Gasteiger partial charge in [0.25, 0.3) is 5.91 Å². The van der Waals surface area contributed by atoms with Crippen molar-refractivity contribution in [3.8, 4) is 0 Å². The lowest BCUT2D eigenvalue weighted by Gasteiger charge is -2.32. The van der Waals surface area contributed by atoms with Gasteiger partial charge in [0.05, 0.1) is 0 Å². The molecule has 2 aromatic rings. The van der Waals surface area contributed by atoms with Gasteiger partial charge in [0, 0.05) is 43.6 Å². The molecule has 114 valence electrons. The van der Waals surface area contributed by atoms with Gasteiger partial charge in [-0.3, -0.25) is 14.7 Å². The van der Waals surface area contributed by atoms with Crippen LogP contribution in [0.2, 0.25) is 0 Å². The Hall–Kier alpha value is -2.20. The molecule has 4 heteroatoms. The van der Waals surface area contributed by atoms with Crippen molar-refractivity contribution in [1.82, 2.24) is 15.2 Å². The number of rotatable bonds is 4. The first-order chi connectivity index (χ1) is 10.8. The van der Waals surface area contributed by atoms with Gasteiger partial charge in [0.15, 0.2) is 0 Å². The zero-order valence-electron chi connectivity index (χ0n) is 12.6. The van der Waals surface area contributed by atoms with Crippen LogP contribution in [-0.4, -0.2) is 34.9 Å². The number of nitrogens with one attached hydrogen (secondary N) is 1. The molecule has 1 aliphatic heterocycles. The number of carbonyl (C=O) groups is 1. The molecule has 3 rings (SSSR count). The van der Waals surface area contributed by atoms with E-state index >= 15 is 0 Å². The van der Waals surface area contributed by atoms with E-state index < -0.39 is 0 Å². The lowest BCUT2D eigenvalue weighted by atomic mass is 10.0. The average Bonchev–Trinajstić information content (AvgIpc) is 2.58. The molecule has 1 aromatic carbocycles. The van der Waals surface area contributed by atoms with Crippen LogP contribution in [0, 0.1) is 0 Å². The van der Waals surface area contributed by atoms with Crippen LogP contribution in [0.1, 0.15) is 28.8 Å². The lowest BCUT2D eigenvalue weighted by Crippen LogP contribution is -2.44. The van der Waals surface area contributed by atoms with Gasteiger partial charge in [-0.05, 0) is 42.7 Å². The Morgan fingerprint density at radius 2 is 1.77 bits per heavy atom. The Balaban J connectivity index is 1.47. The third-order valence-corrected chi connectivity index (χ3v) is 4.11. The second-order valence-electron chi connectivity index (χ2n) is 5.75. The summed E-state index contributed by atoms with van der Waals surface area (Å²) in [5.41, 5.74) is 2.03. The van der Waals surface area contributed by atoms with Crippen LogP contribution in [0.5, 0.6) is 0 Å². The van der Waals surface area contributed by atoms with Gasteiger partial charge in [-0.1, -0.05) is 18.2 Å². The normalized spacial score (nSPS) is 16.4. The van der Waals surface area contributed by atoms with Gasteiger partial charge < -0.3 is 5.32 Å². The standard InChI is InChI=1S/C18H21N3O/c22-18(16-4-2-1-3-5-16)20-17-8-12-21(13-9-17)14-15-6-10-19-11-7-15/h1-7,10-11,17H,8-9,12-14H2,(H,20,22). The molecule has 1 aromatic heterocycles. The van der Waals surface area contributed by atoms with Crippen molar-refractivity contribution >= 4 is 5.91 Å². The second-order valence-corrected chi connectivity index (χ2v) is 5.75. The Labute approximate surface area is 131 Å². The molecular formula is C18H21N3O. The fourth-order valence-electron chi connectivity index (χ4n) is 2.84. The van der Waals surface area contributed by atoms with Crippen molar-refractivity contribution in [1.29, 1.82) is 0 Å². The predicted octanol–water partition coefficient (Wildman–Crippen LogP) is 2.48. The fourth-order valence-corrected chi connectivity index (χ4v) is 2.84. The summed E-state index contributed by atoms with van der Waals surface area (Å²) < 4.78 is 0. The molecule has 4 nitrogen and oxygen atoms in total.